The Balaban J connectivity index is 2.13. The van der Waals surface area contributed by atoms with Gasteiger partial charge in [0.25, 0.3) is 0 Å². The van der Waals surface area contributed by atoms with Gasteiger partial charge in [-0.2, -0.15) is 0 Å². The second-order valence-corrected chi connectivity index (χ2v) is 4.85. The predicted molar refractivity (Wildman–Crippen MR) is 81.8 cm³/mol. The molecule has 0 radical (unpaired) electrons. The highest BCUT2D eigenvalue weighted by molar-refractivity contribution is 5.42. The molecule has 1 heterocycles. The highest BCUT2D eigenvalue weighted by Crippen LogP contribution is 2.11. The van der Waals surface area contributed by atoms with Crippen LogP contribution in [-0.2, 0) is 9.47 Å². The number of nitrogens with zero attached hydrogens (tertiary/aromatic N) is 1. The van der Waals surface area contributed by atoms with Gasteiger partial charge in [0.2, 0.25) is 5.88 Å². The Morgan fingerprint density at radius 1 is 1.29 bits per heavy atom. The van der Waals surface area contributed by atoms with E-state index in [4.69, 9.17) is 14.2 Å². The summed E-state index contributed by atoms with van der Waals surface area (Å²) in [4.78, 5) is 4.14. The van der Waals surface area contributed by atoms with Crippen LogP contribution in [0.1, 0.15) is 20.8 Å². The third-order valence-electron chi connectivity index (χ3n) is 2.56. The molecular formula is C15H26N2O4. The molecule has 0 aliphatic heterocycles. The van der Waals surface area contributed by atoms with E-state index in [1.54, 1.807) is 12.3 Å². The smallest absolute Gasteiger partial charge is 0.213 e. The first-order valence-corrected chi connectivity index (χ1v) is 7.32. The Bertz CT molecular complexity index is 370. The van der Waals surface area contributed by atoms with E-state index in [2.05, 4.69) is 10.3 Å². The number of aliphatic hydroxyl groups is 1. The van der Waals surface area contributed by atoms with Gasteiger partial charge in [-0.3, -0.25) is 0 Å². The fourth-order valence-corrected chi connectivity index (χ4v) is 1.57. The number of aliphatic hydroxyl groups excluding tert-OH is 1. The minimum Gasteiger partial charge on any atom is -0.478 e. The average Bonchev–Trinajstić information content (AvgIpc) is 2.46. The fraction of sp³-hybridized carbons (Fsp3) is 0.667. The Morgan fingerprint density at radius 3 is 2.71 bits per heavy atom. The zero-order valence-corrected chi connectivity index (χ0v) is 13.0. The molecule has 0 bridgehead atoms. The fourth-order valence-electron chi connectivity index (χ4n) is 1.57. The number of hydrogen-bond donors (Lipinski definition) is 2. The Hall–Kier alpha value is -1.37. The summed E-state index contributed by atoms with van der Waals surface area (Å²) < 4.78 is 15.9. The standard InChI is InChI=1S/C15H26N2O4/c1-4-20-15-6-5-13(9-17-15)16-10-14(18)11-19-7-8-21-12(2)3/h5-6,9,12,14,16,18H,4,7-8,10-11H2,1-3H3. The van der Waals surface area contributed by atoms with Crippen LogP contribution in [0.25, 0.3) is 0 Å². The molecule has 0 aromatic carbocycles. The second kappa shape index (κ2) is 10.4. The van der Waals surface area contributed by atoms with Gasteiger partial charge >= 0.3 is 0 Å². The van der Waals surface area contributed by atoms with Crippen LogP contribution in [-0.4, -0.2) is 55.3 Å². The van der Waals surface area contributed by atoms with Gasteiger partial charge in [0, 0.05) is 12.6 Å². The quantitative estimate of drug-likeness (QED) is 0.606. The first-order valence-electron chi connectivity index (χ1n) is 7.32. The SMILES string of the molecule is CCOc1ccc(NCC(O)COCCOC(C)C)cn1. The molecule has 0 amide bonds. The minimum atomic E-state index is -0.574. The molecule has 1 aromatic heterocycles. The molecule has 2 N–H and O–H groups in total. The number of hydrogen-bond acceptors (Lipinski definition) is 6. The van der Waals surface area contributed by atoms with E-state index in [0.29, 0.717) is 32.2 Å². The van der Waals surface area contributed by atoms with E-state index in [9.17, 15) is 5.11 Å². The maximum Gasteiger partial charge on any atom is 0.213 e. The molecular weight excluding hydrogens is 272 g/mol. The van der Waals surface area contributed by atoms with E-state index in [1.807, 2.05) is 26.8 Å². The minimum absolute atomic E-state index is 0.201. The van der Waals surface area contributed by atoms with Crippen LogP contribution >= 0.6 is 0 Å². The van der Waals surface area contributed by atoms with Crippen LogP contribution in [0.4, 0.5) is 5.69 Å². The molecule has 0 spiro atoms. The van der Waals surface area contributed by atoms with Gasteiger partial charge in [-0.1, -0.05) is 0 Å². The molecule has 1 atom stereocenters. The molecule has 1 unspecified atom stereocenters. The van der Waals surface area contributed by atoms with Crippen molar-refractivity contribution in [2.24, 2.45) is 0 Å². The normalized spacial score (nSPS) is 12.4. The molecule has 0 aliphatic rings. The highest BCUT2D eigenvalue weighted by Gasteiger charge is 2.05. The summed E-state index contributed by atoms with van der Waals surface area (Å²) in [6.07, 6.45) is 1.30. The van der Waals surface area contributed by atoms with Crippen LogP contribution < -0.4 is 10.1 Å². The molecule has 1 aromatic rings. The summed E-state index contributed by atoms with van der Waals surface area (Å²) >= 11 is 0. The monoisotopic (exact) mass is 298 g/mol. The maximum absolute atomic E-state index is 9.78. The summed E-state index contributed by atoms with van der Waals surface area (Å²) in [6.45, 7) is 8.17. The lowest BCUT2D eigenvalue weighted by atomic mass is 10.3. The van der Waals surface area contributed by atoms with Crippen molar-refractivity contribution in [2.45, 2.75) is 33.0 Å². The van der Waals surface area contributed by atoms with E-state index < -0.39 is 6.10 Å². The van der Waals surface area contributed by atoms with Crippen LogP contribution in [0, 0.1) is 0 Å². The highest BCUT2D eigenvalue weighted by atomic mass is 16.5. The zero-order valence-electron chi connectivity index (χ0n) is 13.0. The van der Waals surface area contributed by atoms with Gasteiger partial charge in [0.1, 0.15) is 0 Å². The van der Waals surface area contributed by atoms with Crippen LogP contribution in [0.15, 0.2) is 18.3 Å². The number of rotatable bonds is 11. The van der Waals surface area contributed by atoms with Gasteiger partial charge in [-0.15, -0.1) is 0 Å². The maximum atomic E-state index is 9.78. The van der Waals surface area contributed by atoms with Crippen LogP contribution in [0.5, 0.6) is 5.88 Å². The number of ether oxygens (including phenoxy) is 3. The topological polar surface area (TPSA) is 72.8 Å². The van der Waals surface area contributed by atoms with Gasteiger partial charge < -0.3 is 24.6 Å². The van der Waals surface area contributed by atoms with E-state index in [0.717, 1.165) is 5.69 Å². The van der Waals surface area contributed by atoms with Crippen molar-refractivity contribution in [1.29, 1.82) is 0 Å². The van der Waals surface area contributed by atoms with Crippen molar-refractivity contribution in [3.63, 3.8) is 0 Å². The average molecular weight is 298 g/mol. The van der Waals surface area contributed by atoms with Crippen molar-refractivity contribution in [3.8, 4) is 5.88 Å². The molecule has 0 saturated carbocycles. The van der Waals surface area contributed by atoms with Crippen molar-refractivity contribution in [1.82, 2.24) is 4.98 Å². The van der Waals surface area contributed by atoms with Crippen molar-refractivity contribution in [2.75, 3.05) is 38.3 Å². The summed E-state index contributed by atoms with van der Waals surface area (Å²) in [6, 6.07) is 3.65. The number of pyridine rings is 1. The Kier molecular flexibility index (Phi) is 8.73. The molecule has 120 valence electrons. The lowest BCUT2D eigenvalue weighted by molar-refractivity contribution is -0.00734. The van der Waals surface area contributed by atoms with Gasteiger partial charge in [0.05, 0.1) is 50.5 Å². The summed E-state index contributed by atoms with van der Waals surface area (Å²) in [5.41, 5.74) is 0.834. The zero-order chi connectivity index (χ0) is 15.5. The van der Waals surface area contributed by atoms with E-state index in [-0.39, 0.29) is 12.7 Å². The van der Waals surface area contributed by atoms with Crippen molar-refractivity contribution in [3.05, 3.63) is 18.3 Å². The summed E-state index contributed by atoms with van der Waals surface area (Å²) in [5.74, 6) is 0.595. The second-order valence-electron chi connectivity index (χ2n) is 4.85. The number of nitrogens with one attached hydrogen (secondary N) is 1. The molecule has 0 saturated heterocycles. The first-order chi connectivity index (χ1) is 10.1. The van der Waals surface area contributed by atoms with Gasteiger partial charge in [0.15, 0.2) is 0 Å². The molecule has 0 fully saturated rings. The lowest BCUT2D eigenvalue weighted by Crippen LogP contribution is -2.25. The lowest BCUT2D eigenvalue weighted by Gasteiger charge is -2.14. The molecule has 21 heavy (non-hydrogen) atoms. The third-order valence-corrected chi connectivity index (χ3v) is 2.56. The first kappa shape index (κ1) is 17.7. The molecule has 6 heteroatoms. The van der Waals surface area contributed by atoms with Crippen LogP contribution in [0.3, 0.4) is 0 Å². The van der Waals surface area contributed by atoms with Crippen molar-refractivity contribution >= 4 is 5.69 Å². The van der Waals surface area contributed by atoms with Crippen LogP contribution in [0.2, 0.25) is 0 Å². The third kappa shape index (κ3) is 8.49. The number of anilines is 1. The van der Waals surface area contributed by atoms with Crippen molar-refractivity contribution < 1.29 is 19.3 Å². The Morgan fingerprint density at radius 2 is 2.10 bits per heavy atom. The predicted octanol–water partition coefficient (Wildman–Crippen LogP) is 1.69. The summed E-state index contributed by atoms with van der Waals surface area (Å²) in [7, 11) is 0. The summed E-state index contributed by atoms with van der Waals surface area (Å²) in [5, 5.41) is 12.9. The largest absolute Gasteiger partial charge is 0.478 e. The molecule has 1 rings (SSSR count). The van der Waals surface area contributed by atoms with Gasteiger partial charge in [-0.05, 0) is 26.8 Å². The molecule has 0 aliphatic carbocycles. The van der Waals surface area contributed by atoms with E-state index in [1.165, 1.54) is 0 Å². The van der Waals surface area contributed by atoms with Gasteiger partial charge in [-0.25, -0.2) is 4.98 Å². The number of aromatic nitrogens is 1. The molecule has 6 nitrogen and oxygen atoms in total. The Labute approximate surface area is 126 Å². The van der Waals surface area contributed by atoms with E-state index >= 15 is 0 Å².